The van der Waals surface area contributed by atoms with Crippen molar-refractivity contribution in [2.45, 2.75) is 135 Å². The molecule has 0 atom stereocenters. The first-order valence-corrected chi connectivity index (χ1v) is 11.0. The van der Waals surface area contributed by atoms with Crippen molar-refractivity contribution in [2.24, 2.45) is 0 Å². The molecule has 0 saturated heterocycles. The van der Waals surface area contributed by atoms with Crippen LogP contribution in [0.1, 0.15) is 135 Å². The molecule has 0 aliphatic heterocycles. The molecule has 152 valence electrons. The molecule has 0 aliphatic carbocycles. The average molecular weight is 553 g/mol. The second-order valence-electron chi connectivity index (χ2n) is 7.51. The fraction of sp³-hybridized carbons (Fsp3) is 0.955. The summed E-state index contributed by atoms with van der Waals surface area (Å²) in [5.74, 6) is -0.651. The predicted octanol–water partition coefficient (Wildman–Crippen LogP) is 6.71. The summed E-state index contributed by atoms with van der Waals surface area (Å²) in [6.07, 6.45) is 26.1. The monoisotopic (exact) mass is 552 g/mol. The van der Waals surface area contributed by atoms with Gasteiger partial charge >= 0.3 is 32.2 Å². The van der Waals surface area contributed by atoms with Crippen LogP contribution >= 0.6 is 0 Å². The van der Waals surface area contributed by atoms with E-state index in [4.69, 9.17) is 5.11 Å². The van der Waals surface area contributed by atoms with Gasteiger partial charge in [0.2, 0.25) is 0 Å². The van der Waals surface area contributed by atoms with Gasteiger partial charge in [-0.1, -0.05) is 122 Å². The van der Waals surface area contributed by atoms with E-state index < -0.39 is 5.97 Å². The maximum absolute atomic E-state index is 10.4. The number of hydrogen-bond acceptors (Lipinski definition) is 1. The Kier molecular flexibility index (Phi) is 26.9. The third-order valence-electron chi connectivity index (χ3n) is 4.99. The van der Waals surface area contributed by atoms with Crippen molar-refractivity contribution in [3.63, 3.8) is 0 Å². The number of aliphatic carboxylic acids is 1. The predicted molar refractivity (Wildman–Crippen MR) is 116 cm³/mol. The van der Waals surface area contributed by atoms with Crippen LogP contribution in [0.25, 0.3) is 0 Å². The normalized spacial score (nSPS) is 10.6. The first-order valence-electron chi connectivity index (χ1n) is 11.0. The summed E-state index contributed by atoms with van der Waals surface area (Å²) in [6, 6.07) is 0. The molecule has 3 heteroatoms. The van der Waals surface area contributed by atoms with E-state index in [0.29, 0.717) is 6.42 Å². The number of carboxylic acids is 1. The van der Waals surface area contributed by atoms with Gasteiger partial charge in [-0.2, -0.15) is 0 Å². The van der Waals surface area contributed by atoms with Crippen LogP contribution in [-0.2, 0) is 4.79 Å². The molecule has 0 aromatic heterocycles. The summed E-state index contributed by atoms with van der Waals surface area (Å²) in [4.78, 5) is 10.4. The average Bonchev–Trinajstić information content (AvgIpc) is 2.56. The van der Waals surface area contributed by atoms with E-state index in [-0.39, 0.29) is 26.2 Å². The second kappa shape index (κ2) is 24.4. The van der Waals surface area contributed by atoms with Crippen LogP contribution < -0.4 is 0 Å². The fourth-order valence-electron chi connectivity index (χ4n) is 3.35. The van der Waals surface area contributed by atoms with Gasteiger partial charge in [0.1, 0.15) is 0 Å². The molecule has 0 aromatic rings. The van der Waals surface area contributed by atoms with Gasteiger partial charge in [-0.15, -0.1) is 0 Å². The van der Waals surface area contributed by atoms with E-state index in [1.165, 1.54) is 109 Å². The van der Waals surface area contributed by atoms with Gasteiger partial charge in [-0.05, 0) is 6.42 Å². The quantitative estimate of drug-likeness (QED) is 0.135. The first kappa shape index (κ1) is 27.6. The number of carboxylic acid groups (broad SMARTS) is 1. The van der Waals surface area contributed by atoms with Crippen LogP contribution in [0.5, 0.6) is 0 Å². The number of hydrogen-bond donors (Lipinski definition) is 1. The molecule has 0 spiro atoms. The summed E-state index contributed by atoms with van der Waals surface area (Å²) < 4.78 is 0. The molecule has 0 unspecified atom stereocenters. The molecule has 0 radical (unpaired) electrons. The SMILES string of the molecule is CCCCCCCCCCCCCCCCCCCCCC(=O)O.[BiH3]. The summed E-state index contributed by atoms with van der Waals surface area (Å²) >= 11 is 0. The Morgan fingerprint density at radius 2 is 0.760 bits per heavy atom. The van der Waals surface area contributed by atoms with Crippen LogP contribution in [0.15, 0.2) is 0 Å². The van der Waals surface area contributed by atoms with Gasteiger partial charge in [-0.25, -0.2) is 0 Å². The van der Waals surface area contributed by atoms with Gasteiger partial charge in [0.15, 0.2) is 0 Å². The van der Waals surface area contributed by atoms with Gasteiger partial charge in [0.25, 0.3) is 0 Å². The van der Waals surface area contributed by atoms with Crippen molar-refractivity contribution >= 4 is 32.2 Å². The van der Waals surface area contributed by atoms with E-state index in [2.05, 4.69) is 6.92 Å². The standard InChI is InChI=1S/C22H44O2.Bi.3H/c1-2-3-4-5-6-7-8-9-10-11-12-13-14-15-16-17-18-19-20-21-22(23)24;;;;/h2-21H2,1H3,(H,23,24);;;;. The third-order valence-corrected chi connectivity index (χ3v) is 4.99. The molecule has 0 aliphatic rings. The Hall–Kier alpha value is 0.353. The van der Waals surface area contributed by atoms with Crippen molar-refractivity contribution < 1.29 is 9.90 Å². The molecule has 0 saturated carbocycles. The molecular weight excluding hydrogens is 505 g/mol. The van der Waals surface area contributed by atoms with Crippen molar-refractivity contribution in [3.8, 4) is 0 Å². The Bertz CT molecular complexity index is 256. The molecule has 0 bridgehead atoms. The zero-order chi connectivity index (χ0) is 17.7. The summed E-state index contributed by atoms with van der Waals surface area (Å²) in [6.45, 7) is 2.28. The zero-order valence-corrected chi connectivity index (χ0v) is 22.7. The number of unbranched alkanes of at least 4 members (excludes halogenated alkanes) is 18. The van der Waals surface area contributed by atoms with E-state index in [0.717, 1.165) is 12.8 Å². The Balaban J connectivity index is 0. The fourth-order valence-corrected chi connectivity index (χ4v) is 3.35. The molecule has 2 nitrogen and oxygen atoms in total. The summed E-state index contributed by atoms with van der Waals surface area (Å²) in [5.41, 5.74) is 0. The van der Waals surface area contributed by atoms with Gasteiger partial charge in [0.05, 0.1) is 0 Å². The van der Waals surface area contributed by atoms with Crippen LogP contribution in [0, 0.1) is 0 Å². The molecule has 0 heterocycles. The Morgan fingerprint density at radius 1 is 0.520 bits per heavy atom. The molecular formula is C22H47BiO2. The van der Waals surface area contributed by atoms with Crippen molar-refractivity contribution in [1.29, 1.82) is 0 Å². The first-order chi connectivity index (χ1) is 11.8. The summed E-state index contributed by atoms with van der Waals surface area (Å²) in [5, 5.41) is 8.56. The van der Waals surface area contributed by atoms with Crippen molar-refractivity contribution in [3.05, 3.63) is 0 Å². The number of rotatable bonds is 20. The minimum absolute atomic E-state index is 0. The second-order valence-corrected chi connectivity index (χ2v) is 7.51. The molecule has 0 aromatic carbocycles. The zero-order valence-electron chi connectivity index (χ0n) is 17.2. The number of carbonyl (C=O) groups is 1. The van der Waals surface area contributed by atoms with E-state index in [1.54, 1.807) is 0 Å². The molecule has 0 fully saturated rings. The van der Waals surface area contributed by atoms with Crippen LogP contribution in [0.2, 0.25) is 0 Å². The third kappa shape index (κ3) is 26.7. The minimum atomic E-state index is -0.651. The topological polar surface area (TPSA) is 37.3 Å². The van der Waals surface area contributed by atoms with E-state index in [9.17, 15) is 4.79 Å². The Morgan fingerprint density at radius 3 is 1.00 bits per heavy atom. The molecule has 1 N–H and O–H groups in total. The molecule has 0 rings (SSSR count). The van der Waals surface area contributed by atoms with Crippen LogP contribution in [0.3, 0.4) is 0 Å². The van der Waals surface area contributed by atoms with Crippen LogP contribution in [-0.4, -0.2) is 37.3 Å². The van der Waals surface area contributed by atoms with Crippen molar-refractivity contribution in [2.75, 3.05) is 0 Å². The van der Waals surface area contributed by atoms with Crippen LogP contribution in [0.4, 0.5) is 0 Å². The summed E-state index contributed by atoms with van der Waals surface area (Å²) in [7, 11) is 0. The van der Waals surface area contributed by atoms with E-state index >= 15 is 0 Å². The van der Waals surface area contributed by atoms with Gasteiger partial charge < -0.3 is 5.11 Å². The molecule has 0 amide bonds. The Labute approximate surface area is 177 Å². The van der Waals surface area contributed by atoms with Gasteiger partial charge in [0, 0.05) is 6.42 Å². The van der Waals surface area contributed by atoms with Gasteiger partial charge in [-0.3, -0.25) is 4.79 Å². The van der Waals surface area contributed by atoms with Crippen molar-refractivity contribution in [1.82, 2.24) is 0 Å². The van der Waals surface area contributed by atoms with E-state index in [1.807, 2.05) is 0 Å². The maximum atomic E-state index is 10.4. The molecule has 25 heavy (non-hydrogen) atoms.